The van der Waals surface area contributed by atoms with Gasteiger partial charge in [0.1, 0.15) is 11.8 Å². The quantitative estimate of drug-likeness (QED) is 0.885. The van der Waals surface area contributed by atoms with Crippen LogP contribution in [0.15, 0.2) is 18.2 Å². The lowest BCUT2D eigenvalue weighted by Crippen LogP contribution is -2.22. The van der Waals surface area contributed by atoms with Gasteiger partial charge in [0.05, 0.1) is 12.7 Å². The maximum Gasteiger partial charge on any atom is 0.136 e. The average Bonchev–Trinajstić information content (AvgIpc) is 2.91. The van der Waals surface area contributed by atoms with Crippen molar-refractivity contribution in [2.24, 2.45) is 0 Å². The molecule has 1 fully saturated rings. The van der Waals surface area contributed by atoms with Crippen molar-refractivity contribution in [1.82, 2.24) is 5.32 Å². The Balaban J connectivity index is 1.87. The molecule has 1 saturated heterocycles. The van der Waals surface area contributed by atoms with E-state index < -0.39 is 0 Å². The number of nitriles is 1. The summed E-state index contributed by atoms with van der Waals surface area (Å²) in [5.74, 6) is 1.94. The third-order valence-corrected chi connectivity index (χ3v) is 4.51. The Bertz CT molecular complexity index is 436. The number of benzene rings is 1. The van der Waals surface area contributed by atoms with E-state index in [1.165, 1.54) is 18.6 Å². The van der Waals surface area contributed by atoms with E-state index >= 15 is 0 Å². The van der Waals surface area contributed by atoms with Crippen LogP contribution in [0.2, 0.25) is 0 Å². The van der Waals surface area contributed by atoms with Crippen LogP contribution in [0.3, 0.4) is 0 Å². The van der Waals surface area contributed by atoms with Crippen LogP contribution in [0.25, 0.3) is 0 Å². The van der Waals surface area contributed by atoms with Crippen LogP contribution in [-0.4, -0.2) is 24.7 Å². The summed E-state index contributed by atoms with van der Waals surface area (Å²) >= 11 is 2.06. The van der Waals surface area contributed by atoms with Crippen molar-refractivity contribution in [3.05, 3.63) is 29.3 Å². The third kappa shape index (κ3) is 3.41. The second-order valence-corrected chi connectivity index (χ2v) is 5.82. The number of nitrogens with zero attached hydrogens (tertiary/aromatic N) is 1. The lowest BCUT2D eigenvalue weighted by Gasteiger charge is -2.11. The lowest BCUT2D eigenvalue weighted by molar-refractivity contribution is 0.413. The molecule has 1 aromatic carbocycles. The number of hydrogen-bond donors (Lipinski definition) is 1. The summed E-state index contributed by atoms with van der Waals surface area (Å²) in [5.41, 5.74) is 1.74. The first-order chi connectivity index (χ1) is 8.83. The third-order valence-electron chi connectivity index (χ3n) is 3.11. The number of hydrogen-bond acceptors (Lipinski definition) is 4. The number of thioether (sulfide) groups is 1. The standard InChI is InChI=1S/C14H18N2OS/c1-17-14-5-4-11(7-12(14)8-15)9-16-10-13-3-2-6-18-13/h4-5,7,13,16H,2-3,6,9-10H2,1H3. The van der Waals surface area contributed by atoms with E-state index in [-0.39, 0.29) is 0 Å². The van der Waals surface area contributed by atoms with Crippen molar-refractivity contribution >= 4 is 11.8 Å². The lowest BCUT2D eigenvalue weighted by atomic mass is 10.1. The van der Waals surface area contributed by atoms with Gasteiger partial charge in [-0.2, -0.15) is 17.0 Å². The molecule has 1 aromatic rings. The van der Waals surface area contributed by atoms with Crippen LogP contribution < -0.4 is 10.1 Å². The average molecular weight is 262 g/mol. The molecule has 0 amide bonds. The van der Waals surface area contributed by atoms with Crippen LogP contribution >= 0.6 is 11.8 Å². The Morgan fingerprint density at radius 3 is 3.11 bits per heavy atom. The first kappa shape index (κ1) is 13.3. The van der Waals surface area contributed by atoms with Crippen LogP contribution in [0.5, 0.6) is 5.75 Å². The molecule has 1 heterocycles. The molecule has 1 unspecified atom stereocenters. The van der Waals surface area contributed by atoms with E-state index in [0.717, 1.165) is 23.9 Å². The molecule has 96 valence electrons. The molecule has 0 aliphatic carbocycles. The van der Waals surface area contributed by atoms with Crippen LogP contribution in [0.4, 0.5) is 0 Å². The Hall–Kier alpha value is -1.18. The molecule has 1 N–H and O–H groups in total. The predicted octanol–water partition coefficient (Wildman–Crippen LogP) is 2.55. The van der Waals surface area contributed by atoms with Crippen molar-refractivity contribution in [2.75, 3.05) is 19.4 Å². The zero-order valence-electron chi connectivity index (χ0n) is 10.6. The Morgan fingerprint density at radius 1 is 1.56 bits per heavy atom. The largest absolute Gasteiger partial charge is 0.495 e. The molecule has 1 aliphatic heterocycles. The van der Waals surface area contributed by atoms with Gasteiger partial charge in [-0.1, -0.05) is 6.07 Å². The molecule has 0 aromatic heterocycles. The van der Waals surface area contributed by atoms with Crippen LogP contribution in [-0.2, 0) is 6.54 Å². The fraction of sp³-hybridized carbons (Fsp3) is 0.500. The fourth-order valence-electron chi connectivity index (χ4n) is 2.14. The summed E-state index contributed by atoms with van der Waals surface area (Å²) in [7, 11) is 1.59. The number of nitrogens with one attached hydrogen (secondary N) is 1. The monoisotopic (exact) mass is 262 g/mol. The second-order valence-electron chi connectivity index (χ2n) is 4.41. The minimum Gasteiger partial charge on any atom is -0.495 e. The van der Waals surface area contributed by atoms with Gasteiger partial charge in [-0.3, -0.25) is 0 Å². The highest BCUT2D eigenvalue weighted by Crippen LogP contribution is 2.25. The molecular formula is C14H18N2OS. The highest BCUT2D eigenvalue weighted by Gasteiger charge is 2.14. The summed E-state index contributed by atoms with van der Waals surface area (Å²) in [4.78, 5) is 0. The molecule has 0 spiro atoms. The normalized spacial score (nSPS) is 18.6. The molecular weight excluding hydrogens is 244 g/mol. The van der Waals surface area contributed by atoms with Crippen molar-refractivity contribution in [2.45, 2.75) is 24.6 Å². The van der Waals surface area contributed by atoms with Gasteiger partial charge < -0.3 is 10.1 Å². The summed E-state index contributed by atoms with van der Waals surface area (Å²) in [6, 6.07) is 7.93. The van der Waals surface area contributed by atoms with Crippen molar-refractivity contribution < 1.29 is 4.74 Å². The van der Waals surface area contributed by atoms with Gasteiger partial charge in [0.25, 0.3) is 0 Å². The Morgan fingerprint density at radius 2 is 2.44 bits per heavy atom. The molecule has 3 nitrogen and oxygen atoms in total. The van der Waals surface area contributed by atoms with Crippen molar-refractivity contribution in [3.63, 3.8) is 0 Å². The van der Waals surface area contributed by atoms with Crippen LogP contribution in [0.1, 0.15) is 24.0 Å². The SMILES string of the molecule is COc1ccc(CNCC2CCCS2)cc1C#N. The van der Waals surface area contributed by atoms with Gasteiger partial charge in [0, 0.05) is 18.3 Å². The summed E-state index contributed by atoms with van der Waals surface area (Å²) in [5, 5.41) is 13.2. The van der Waals surface area contributed by atoms with E-state index in [9.17, 15) is 0 Å². The predicted molar refractivity (Wildman–Crippen MR) is 74.9 cm³/mol. The zero-order chi connectivity index (χ0) is 12.8. The molecule has 0 bridgehead atoms. The first-order valence-corrected chi connectivity index (χ1v) is 7.27. The highest BCUT2D eigenvalue weighted by molar-refractivity contribution is 8.00. The molecule has 18 heavy (non-hydrogen) atoms. The summed E-state index contributed by atoms with van der Waals surface area (Å²) in [6.45, 7) is 1.87. The maximum absolute atomic E-state index is 9.02. The summed E-state index contributed by atoms with van der Waals surface area (Å²) in [6.07, 6.45) is 2.67. The van der Waals surface area contributed by atoms with E-state index in [2.05, 4.69) is 23.1 Å². The molecule has 0 saturated carbocycles. The molecule has 1 aliphatic rings. The smallest absolute Gasteiger partial charge is 0.136 e. The molecule has 0 radical (unpaired) electrons. The highest BCUT2D eigenvalue weighted by atomic mass is 32.2. The number of methoxy groups -OCH3 is 1. The Kier molecular flexibility index (Phi) is 4.91. The van der Waals surface area contributed by atoms with E-state index in [4.69, 9.17) is 10.00 Å². The van der Waals surface area contributed by atoms with Gasteiger partial charge in [-0.25, -0.2) is 0 Å². The van der Waals surface area contributed by atoms with E-state index in [1.54, 1.807) is 7.11 Å². The number of rotatable bonds is 5. The van der Waals surface area contributed by atoms with E-state index in [1.807, 2.05) is 18.2 Å². The first-order valence-electron chi connectivity index (χ1n) is 6.23. The molecule has 4 heteroatoms. The maximum atomic E-state index is 9.02. The minimum absolute atomic E-state index is 0.604. The van der Waals surface area contributed by atoms with Crippen molar-refractivity contribution in [3.8, 4) is 11.8 Å². The van der Waals surface area contributed by atoms with Gasteiger partial charge in [-0.15, -0.1) is 0 Å². The van der Waals surface area contributed by atoms with Gasteiger partial charge in [0.2, 0.25) is 0 Å². The zero-order valence-corrected chi connectivity index (χ0v) is 11.4. The van der Waals surface area contributed by atoms with Gasteiger partial charge in [-0.05, 0) is 36.3 Å². The summed E-state index contributed by atoms with van der Waals surface area (Å²) < 4.78 is 5.13. The van der Waals surface area contributed by atoms with Crippen LogP contribution in [0, 0.1) is 11.3 Å². The molecule has 1 atom stereocenters. The second kappa shape index (κ2) is 6.67. The molecule has 2 rings (SSSR count). The fourth-order valence-corrected chi connectivity index (χ4v) is 3.37. The van der Waals surface area contributed by atoms with Gasteiger partial charge >= 0.3 is 0 Å². The van der Waals surface area contributed by atoms with E-state index in [0.29, 0.717) is 11.3 Å². The van der Waals surface area contributed by atoms with Gasteiger partial charge in [0.15, 0.2) is 0 Å². The Labute approximate surface area is 113 Å². The minimum atomic E-state index is 0.604. The van der Waals surface area contributed by atoms with Crippen molar-refractivity contribution in [1.29, 1.82) is 5.26 Å². The number of ether oxygens (including phenoxy) is 1. The topological polar surface area (TPSA) is 45.0 Å².